The van der Waals surface area contributed by atoms with Crippen LogP contribution in [0.4, 0.5) is 4.79 Å². The number of nitrogens with zero attached hydrogens (tertiary/aromatic N) is 1. The van der Waals surface area contributed by atoms with Crippen molar-refractivity contribution in [3.8, 4) is 6.07 Å². The molecule has 5 heteroatoms. The molecule has 1 rings (SSSR count). The Balaban J connectivity index is 2.49. The smallest absolute Gasteiger partial charge is 0.280 e. The van der Waals surface area contributed by atoms with Gasteiger partial charge in [-0.05, 0) is 32.1 Å². The molecule has 14 heavy (non-hydrogen) atoms. The number of halogens is 2. The van der Waals surface area contributed by atoms with Gasteiger partial charge in [-0.3, -0.25) is 4.79 Å². The van der Waals surface area contributed by atoms with Crippen LogP contribution in [0.3, 0.4) is 0 Å². The molecular formula is C9H12I2N2O. The van der Waals surface area contributed by atoms with Gasteiger partial charge in [0.05, 0.1) is 6.07 Å². The Labute approximate surface area is 111 Å². The second kappa shape index (κ2) is 5.49. The number of nitrogens with one attached hydrogen (secondary N) is 1. The molecule has 0 aliphatic heterocycles. The summed E-state index contributed by atoms with van der Waals surface area (Å²) in [5, 5.41) is 11.9. The van der Waals surface area contributed by atoms with E-state index >= 15 is 0 Å². The lowest BCUT2D eigenvalue weighted by Gasteiger charge is -2.16. The lowest BCUT2D eigenvalue weighted by molar-refractivity contribution is 0.258. The van der Waals surface area contributed by atoms with Crippen molar-refractivity contribution in [2.24, 2.45) is 0 Å². The zero-order chi connectivity index (χ0) is 10.6. The Kier molecular flexibility index (Phi) is 4.90. The van der Waals surface area contributed by atoms with Crippen LogP contribution >= 0.6 is 45.2 Å². The first-order valence-corrected chi connectivity index (χ1v) is 6.78. The van der Waals surface area contributed by atoms with Crippen molar-refractivity contribution < 1.29 is 4.79 Å². The van der Waals surface area contributed by atoms with Crippen LogP contribution in [0.25, 0.3) is 0 Å². The van der Waals surface area contributed by atoms with Crippen LogP contribution in [0.5, 0.6) is 0 Å². The van der Waals surface area contributed by atoms with E-state index in [2.05, 4.69) is 34.0 Å². The molecule has 78 valence electrons. The molecule has 1 N–H and O–H groups in total. The molecule has 0 spiro atoms. The lowest BCUT2D eigenvalue weighted by atomic mass is 10.0. The van der Waals surface area contributed by atoms with E-state index in [-0.39, 0.29) is 13.4 Å². The predicted octanol–water partition coefficient (Wildman–Crippen LogP) is 3.16. The first kappa shape index (κ1) is 12.5. The Morgan fingerprint density at radius 1 is 1.50 bits per heavy atom. The van der Waals surface area contributed by atoms with Crippen molar-refractivity contribution in [3.63, 3.8) is 0 Å². The summed E-state index contributed by atoms with van der Waals surface area (Å²) in [6.45, 7) is 0. The molecule has 0 radical (unpaired) electrons. The van der Waals surface area contributed by atoms with Gasteiger partial charge in [0.1, 0.15) is 3.42 Å². The van der Waals surface area contributed by atoms with E-state index in [1.54, 1.807) is 22.6 Å². The Morgan fingerprint density at radius 3 is 2.79 bits per heavy atom. The normalized spacial score (nSPS) is 32.8. The van der Waals surface area contributed by atoms with Gasteiger partial charge in [0, 0.05) is 28.6 Å². The van der Waals surface area contributed by atoms with Gasteiger partial charge in [0.2, 0.25) is 0 Å². The third-order valence-corrected chi connectivity index (χ3v) is 4.16. The highest BCUT2D eigenvalue weighted by atomic mass is 127. The Morgan fingerprint density at radius 2 is 2.21 bits per heavy atom. The minimum atomic E-state index is -0.206. The number of amides is 1. The largest absolute Gasteiger partial charge is 0.345 e. The number of carbonyl (C=O) groups excluding carboxylic acids is 1. The summed E-state index contributed by atoms with van der Waals surface area (Å²) in [4.78, 5) is 10.9. The third-order valence-electron chi connectivity index (χ3n) is 2.53. The summed E-state index contributed by atoms with van der Waals surface area (Å²) >= 11 is 4.01. The predicted molar refractivity (Wildman–Crippen MR) is 71.8 cm³/mol. The summed E-state index contributed by atoms with van der Waals surface area (Å²) < 4.78 is -0.201. The van der Waals surface area contributed by atoms with Crippen LogP contribution in [0.15, 0.2) is 0 Å². The first-order chi connectivity index (χ1) is 6.56. The van der Waals surface area contributed by atoms with Crippen LogP contribution in [0.2, 0.25) is 0 Å². The van der Waals surface area contributed by atoms with Crippen LogP contribution in [-0.4, -0.2) is 13.4 Å². The van der Waals surface area contributed by atoms with Crippen molar-refractivity contribution in [2.75, 3.05) is 0 Å². The van der Waals surface area contributed by atoms with E-state index in [1.807, 2.05) is 0 Å². The molecule has 1 aliphatic rings. The molecule has 0 aromatic heterocycles. The number of rotatable bonds is 1. The Bertz CT molecular complexity index is 264. The maximum Gasteiger partial charge on any atom is 0.280 e. The zero-order valence-corrected chi connectivity index (χ0v) is 12.0. The molecule has 2 atom stereocenters. The van der Waals surface area contributed by atoms with Gasteiger partial charge in [0.15, 0.2) is 0 Å². The van der Waals surface area contributed by atoms with Crippen LogP contribution < -0.4 is 5.32 Å². The highest BCUT2D eigenvalue weighted by Crippen LogP contribution is 2.34. The molecule has 0 heterocycles. The highest BCUT2D eigenvalue weighted by Gasteiger charge is 2.30. The number of alkyl halides is 1. The highest BCUT2D eigenvalue weighted by molar-refractivity contribution is 14.1. The van der Waals surface area contributed by atoms with Gasteiger partial charge in [-0.15, -0.1) is 0 Å². The van der Waals surface area contributed by atoms with Crippen LogP contribution in [0, 0.1) is 11.3 Å². The van der Waals surface area contributed by atoms with E-state index in [1.165, 1.54) is 0 Å². The molecular weight excluding hydrogens is 406 g/mol. The fourth-order valence-corrected chi connectivity index (χ4v) is 2.85. The fraction of sp³-hybridized carbons (Fsp3) is 0.778. The lowest BCUT2D eigenvalue weighted by Crippen LogP contribution is -2.30. The minimum absolute atomic E-state index is 0.00511. The second-order valence-corrected chi connectivity index (χ2v) is 6.67. The van der Waals surface area contributed by atoms with Gasteiger partial charge in [-0.25, -0.2) is 0 Å². The van der Waals surface area contributed by atoms with Crippen molar-refractivity contribution in [3.05, 3.63) is 0 Å². The molecule has 1 amide bonds. The van der Waals surface area contributed by atoms with Gasteiger partial charge in [-0.2, -0.15) is 5.26 Å². The summed E-state index contributed by atoms with van der Waals surface area (Å²) in [6, 6.07) is 2.63. The maximum atomic E-state index is 10.9. The van der Waals surface area contributed by atoms with Gasteiger partial charge in [-0.1, -0.05) is 22.6 Å². The summed E-state index contributed by atoms with van der Waals surface area (Å²) in [5.74, 6) is 0. The van der Waals surface area contributed by atoms with E-state index in [9.17, 15) is 4.79 Å². The van der Waals surface area contributed by atoms with Gasteiger partial charge in [0.25, 0.3) is 3.91 Å². The maximum absolute atomic E-state index is 10.9. The van der Waals surface area contributed by atoms with E-state index < -0.39 is 0 Å². The van der Waals surface area contributed by atoms with Crippen LogP contribution in [0.1, 0.15) is 32.1 Å². The second-order valence-electron chi connectivity index (χ2n) is 3.62. The number of carbonyl (C=O) groups is 1. The molecule has 1 aliphatic carbocycles. The van der Waals surface area contributed by atoms with Gasteiger partial charge < -0.3 is 5.32 Å². The average molecular weight is 418 g/mol. The van der Waals surface area contributed by atoms with E-state index in [0.717, 1.165) is 32.1 Å². The number of nitriles is 1. The van der Waals surface area contributed by atoms with E-state index in [4.69, 9.17) is 5.26 Å². The van der Waals surface area contributed by atoms with Crippen molar-refractivity contribution in [2.45, 2.75) is 41.6 Å². The topological polar surface area (TPSA) is 52.9 Å². The summed E-state index contributed by atoms with van der Waals surface area (Å²) in [6.07, 6.45) is 4.77. The Hall–Kier alpha value is 0.420. The quantitative estimate of drug-likeness (QED) is 0.234. The molecule has 0 saturated heterocycles. The molecule has 1 saturated carbocycles. The zero-order valence-electron chi connectivity index (χ0n) is 7.72. The van der Waals surface area contributed by atoms with Gasteiger partial charge >= 0.3 is 0 Å². The van der Waals surface area contributed by atoms with Crippen LogP contribution in [-0.2, 0) is 0 Å². The van der Waals surface area contributed by atoms with Crippen molar-refractivity contribution in [1.29, 1.82) is 5.26 Å². The first-order valence-electron chi connectivity index (χ1n) is 4.62. The SMILES string of the molecule is N#CC1(I)CCCC(NC(=O)I)CC1. The third kappa shape index (κ3) is 3.88. The molecule has 2 unspecified atom stereocenters. The molecule has 1 fully saturated rings. The van der Waals surface area contributed by atoms with E-state index in [0.29, 0.717) is 0 Å². The number of hydrogen-bond acceptors (Lipinski definition) is 2. The average Bonchev–Trinajstić information content (AvgIpc) is 2.29. The minimum Gasteiger partial charge on any atom is -0.345 e. The molecule has 3 nitrogen and oxygen atoms in total. The summed E-state index contributed by atoms with van der Waals surface area (Å²) in [7, 11) is 0. The monoisotopic (exact) mass is 418 g/mol. The van der Waals surface area contributed by atoms with Crippen molar-refractivity contribution >= 4 is 49.1 Å². The van der Waals surface area contributed by atoms with Crippen molar-refractivity contribution in [1.82, 2.24) is 5.32 Å². The molecule has 0 bridgehead atoms. The molecule has 0 aromatic rings. The summed E-state index contributed by atoms with van der Waals surface area (Å²) in [5.41, 5.74) is 0. The fourth-order valence-electron chi connectivity index (χ4n) is 1.72. The standard InChI is InChI=1S/C9H12I2N2O/c10-8(14)13-7-2-1-4-9(11,6-12)5-3-7/h7H,1-5H2,(H,13,14). The number of hydrogen-bond donors (Lipinski definition) is 1. The molecule has 0 aromatic carbocycles.